The van der Waals surface area contributed by atoms with E-state index in [1.165, 1.54) is 11.8 Å². The number of nitrogens with zero attached hydrogens (tertiary/aromatic N) is 5. The number of hydrogen-bond acceptors (Lipinski definition) is 6. The summed E-state index contributed by atoms with van der Waals surface area (Å²) in [6.07, 6.45) is 1.68. The minimum absolute atomic E-state index is 0.635. The molecule has 0 atom stereocenters. The summed E-state index contributed by atoms with van der Waals surface area (Å²) in [6, 6.07) is 7.96. The Morgan fingerprint density at radius 3 is 2.85 bits per heavy atom. The van der Waals surface area contributed by atoms with Crippen molar-refractivity contribution in [1.82, 2.24) is 24.7 Å². The normalized spacial score (nSPS) is 10.9. The monoisotopic (exact) mass is 286 g/mol. The first-order valence-corrected chi connectivity index (χ1v) is 7.12. The molecule has 0 unspecified atom stereocenters. The van der Waals surface area contributed by atoms with Crippen molar-refractivity contribution in [3.63, 3.8) is 0 Å². The second-order valence-electron chi connectivity index (χ2n) is 4.23. The molecule has 0 fully saturated rings. The van der Waals surface area contributed by atoms with Crippen molar-refractivity contribution in [2.45, 2.75) is 17.1 Å². The van der Waals surface area contributed by atoms with Crippen LogP contribution in [-0.4, -0.2) is 31.3 Å². The first-order chi connectivity index (χ1) is 9.78. The number of para-hydroxylation sites is 1. The van der Waals surface area contributed by atoms with E-state index in [-0.39, 0.29) is 0 Å². The molecule has 0 aliphatic carbocycles. The van der Waals surface area contributed by atoms with E-state index >= 15 is 0 Å². The molecule has 0 amide bonds. The average molecular weight is 286 g/mol. The van der Waals surface area contributed by atoms with Gasteiger partial charge in [-0.05, 0) is 24.8 Å². The number of hydrogen-bond donors (Lipinski definition) is 1. The summed E-state index contributed by atoms with van der Waals surface area (Å²) in [5.41, 5.74) is 0.920. The van der Waals surface area contributed by atoms with Crippen LogP contribution in [0.25, 0.3) is 10.9 Å². The number of benzene rings is 1. The second kappa shape index (κ2) is 5.46. The fourth-order valence-electron chi connectivity index (χ4n) is 1.81. The highest BCUT2D eigenvalue weighted by Gasteiger charge is 2.11. The summed E-state index contributed by atoms with van der Waals surface area (Å²) in [6.45, 7) is 2.81. The molecule has 0 radical (unpaired) electrons. The van der Waals surface area contributed by atoms with E-state index in [2.05, 4.69) is 25.5 Å². The Kier molecular flexibility index (Phi) is 3.51. The van der Waals surface area contributed by atoms with Crippen molar-refractivity contribution in [3.05, 3.63) is 30.6 Å². The lowest BCUT2D eigenvalue weighted by Crippen LogP contribution is -2.03. The molecule has 102 valence electrons. The molecule has 3 rings (SSSR count). The van der Waals surface area contributed by atoms with Gasteiger partial charge < -0.3 is 9.88 Å². The molecular formula is C13H14N6S. The Bertz CT molecular complexity index is 739. The van der Waals surface area contributed by atoms with E-state index in [4.69, 9.17) is 0 Å². The summed E-state index contributed by atoms with van der Waals surface area (Å²) < 4.78 is 1.87. The maximum Gasteiger partial charge on any atom is 0.224 e. The van der Waals surface area contributed by atoms with Crippen molar-refractivity contribution >= 4 is 28.6 Å². The van der Waals surface area contributed by atoms with Crippen LogP contribution in [0.3, 0.4) is 0 Å². The molecule has 1 N–H and O–H groups in total. The Hall–Kier alpha value is -2.15. The second-order valence-corrected chi connectivity index (χ2v) is 5.18. The fraction of sp³-hybridized carbons (Fsp3) is 0.231. The fourth-order valence-corrected chi connectivity index (χ4v) is 2.68. The lowest BCUT2D eigenvalue weighted by molar-refractivity contribution is 0.787. The maximum atomic E-state index is 4.57. The molecule has 3 aromatic rings. The van der Waals surface area contributed by atoms with Crippen LogP contribution in [0, 0.1) is 0 Å². The molecule has 0 saturated heterocycles. The molecule has 0 aliphatic rings. The van der Waals surface area contributed by atoms with Gasteiger partial charge in [-0.3, -0.25) is 0 Å². The van der Waals surface area contributed by atoms with Gasteiger partial charge in [0.1, 0.15) is 11.4 Å². The van der Waals surface area contributed by atoms with Gasteiger partial charge in [0.25, 0.3) is 0 Å². The summed E-state index contributed by atoms with van der Waals surface area (Å²) in [5, 5.41) is 13.8. The molecule has 7 heteroatoms. The topological polar surface area (TPSA) is 68.5 Å². The number of fused-ring (bicyclic) bond motifs is 1. The summed E-state index contributed by atoms with van der Waals surface area (Å²) in [7, 11) is 1.91. The van der Waals surface area contributed by atoms with Crippen molar-refractivity contribution in [2.24, 2.45) is 7.05 Å². The zero-order chi connectivity index (χ0) is 13.9. The molecule has 1 aromatic carbocycles. The van der Waals surface area contributed by atoms with Crippen LogP contribution < -0.4 is 5.32 Å². The minimum atomic E-state index is 0.635. The Morgan fingerprint density at radius 2 is 2.10 bits per heavy atom. The van der Waals surface area contributed by atoms with E-state index in [0.29, 0.717) is 5.95 Å². The van der Waals surface area contributed by atoms with Crippen LogP contribution in [0.4, 0.5) is 5.95 Å². The first kappa shape index (κ1) is 12.9. The lowest BCUT2D eigenvalue weighted by Gasteiger charge is -2.08. The SMILES string of the molecule is CCNc1nc(Sc2nncn2C)c2ccccc2n1. The van der Waals surface area contributed by atoms with Crippen LogP contribution in [-0.2, 0) is 7.05 Å². The molecule has 2 heterocycles. The van der Waals surface area contributed by atoms with Gasteiger partial charge in [0.15, 0.2) is 5.16 Å². The Labute approximate surface area is 120 Å². The molecule has 0 spiro atoms. The predicted molar refractivity (Wildman–Crippen MR) is 78.8 cm³/mol. The zero-order valence-corrected chi connectivity index (χ0v) is 12.1. The minimum Gasteiger partial charge on any atom is -0.354 e. The lowest BCUT2D eigenvalue weighted by atomic mass is 10.2. The maximum absolute atomic E-state index is 4.57. The third-order valence-electron chi connectivity index (χ3n) is 2.76. The van der Waals surface area contributed by atoms with Gasteiger partial charge in [-0.25, -0.2) is 9.97 Å². The molecule has 0 aliphatic heterocycles. The molecule has 6 nitrogen and oxygen atoms in total. The first-order valence-electron chi connectivity index (χ1n) is 6.30. The van der Waals surface area contributed by atoms with Crippen LogP contribution in [0.2, 0.25) is 0 Å². The van der Waals surface area contributed by atoms with E-state index < -0.39 is 0 Å². The quantitative estimate of drug-likeness (QED) is 0.742. The number of aryl methyl sites for hydroxylation is 1. The summed E-state index contributed by atoms with van der Waals surface area (Å²) in [5.74, 6) is 0.635. The van der Waals surface area contributed by atoms with Gasteiger partial charge >= 0.3 is 0 Å². The highest BCUT2D eigenvalue weighted by atomic mass is 32.2. The average Bonchev–Trinajstić information content (AvgIpc) is 2.85. The smallest absolute Gasteiger partial charge is 0.224 e. The van der Waals surface area contributed by atoms with E-state index in [0.717, 1.165) is 27.6 Å². The van der Waals surface area contributed by atoms with E-state index in [1.54, 1.807) is 6.33 Å². The van der Waals surface area contributed by atoms with Gasteiger partial charge in [-0.1, -0.05) is 18.2 Å². The van der Waals surface area contributed by atoms with Gasteiger partial charge in [-0.2, -0.15) is 0 Å². The van der Waals surface area contributed by atoms with Crippen molar-refractivity contribution in [3.8, 4) is 0 Å². The van der Waals surface area contributed by atoms with Crippen molar-refractivity contribution in [2.75, 3.05) is 11.9 Å². The standard InChI is InChI=1S/C13H14N6S/c1-3-14-12-16-10-7-5-4-6-9(10)11(17-12)20-13-18-15-8-19(13)2/h4-8H,3H2,1-2H3,(H,14,16,17). The van der Waals surface area contributed by atoms with Crippen molar-refractivity contribution < 1.29 is 0 Å². The predicted octanol–water partition coefficient (Wildman–Crippen LogP) is 2.34. The number of anilines is 1. The third-order valence-corrected chi connectivity index (χ3v) is 3.82. The molecule has 2 aromatic heterocycles. The van der Waals surface area contributed by atoms with Gasteiger partial charge in [0.05, 0.1) is 5.52 Å². The molecule has 0 saturated carbocycles. The largest absolute Gasteiger partial charge is 0.354 e. The van der Waals surface area contributed by atoms with Crippen LogP contribution >= 0.6 is 11.8 Å². The number of aromatic nitrogens is 5. The van der Waals surface area contributed by atoms with Crippen LogP contribution in [0.15, 0.2) is 40.8 Å². The molecule has 20 heavy (non-hydrogen) atoms. The molecule has 0 bridgehead atoms. The van der Waals surface area contributed by atoms with Gasteiger partial charge in [0.2, 0.25) is 5.95 Å². The summed E-state index contributed by atoms with van der Waals surface area (Å²) >= 11 is 1.49. The highest BCUT2D eigenvalue weighted by molar-refractivity contribution is 7.99. The third kappa shape index (κ3) is 2.44. The van der Waals surface area contributed by atoms with Gasteiger partial charge in [-0.15, -0.1) is 10.2 Å². The van der Waals surface area contributed by atoms with E-state index in [9.17, 15) is 0 Å². The van der Waals surface area contributed by atoms with Crippen LogP contribution in [0.5, 0.6) is 0 Å². The van der Waals surface area contributed by atoms with Gasteiger partial charge in [0, 0.05) is 19.0 Å². The number of nitrogens with one attached hydrogen (secondary N) is 1. The number of rotatable bonds is 4. The summed E-state index contributed by atoms with van der Waals surface area (Å²) in [4.78, 5) is 9.07. The Balaban J connectivity index is 2.09. The highest BCUT2D eigenvalue weighted by Crippen LogP contribution is 2.30. The zero-order valence-electron chi connectivity index (χ0n) is 11.2. The molecular weight excluding hydrogens is 272 g/mol. The van der Waals surface area contributed by atoms with Crippen LogP contribution in [0.1, 0.15) is 6.92 Å². The van der Waals surface area contributed by atoms with E-state index in [1.807, 2.05) is 42.8 Å². The van der Waals surface area contributed by atoms with Crippen molar-refractivity contribution in [1.29, 1.82) is 0 Å². The Morgan fingerprint density at radius 1 is 1.25 bits per heavy atom.